The number of carbonyl (C=O) groups excluding carboxylic acids is 2. The van der Waals surface area contributed by atoms with E-state index in [-0.39, 0.29) is 33.7 Å². The van der Waals surface area contributed by atoms with Crippen molar-refractivity contribution >= 4 is 28.5 Å². The lowest BCUT2D eigenvalue weighted by Crippen LogP contribution is -2.27. The van der Waals surface area contributed by atoms with Gasteiger partial charge in [-0.1, -0.05) is 26.2 Å². The molecule has 33 heavy (non-hydrogen) atoms. The first-order valence-electron chi connectivity index (χ1n) is 10.5. The molecule has 0 radical (unpaired) electrons. The van der Waals surface area contributed by atoms with Crippen LogP contribution in [0.15, 0.2) is 52.0 Å². The number of hydrogen-bond acceptors (Lipinski definition) is 7. The first-order valence-corrected chi connectivity index (χ1v) is 10.5. The number of non-ortho nitro benzene ring substituents is 1. The van der Waals surface area contributed by atoms with Crippen molar-refractivity contribution in [3.8, 4) is 5.75 Å². The number of phenolic OH excluding ortho intramolecular Hbond substituents is 1. The molecule has 0 aliphatic carbocycles. The van der Waals surface area contributed by atoms with Crippen LogP contribution in [-0.2, 0) is 6.42 Å². The highest BCUT2D eigenvalue weighted by molar-refractivity contribution is 5.96. The fraction of sp³-hybridized carbons (Fsp3) is 0.261. The second-order valence-electron chi connectivity index (χ2n) is 7.52. The molecule has 3 rings (SSSR count). The number of aryl methyl sites for hydroxylation is 1. The fourth-order valence-electron chi connectivity index (χ4n) is 3.31. The number of benzene rings is 2. The van der Waals surface area contributed by atoms with E-state index in [0.29, 0.717) is 11.8 Å². The average Bonchev–Trinajstić information content (AvgIpc) is 2.80. The van der Waals surface area contributed by atoms with Gasteiger partial charge in [0.2, 0.25) is 5.55 Å². The van der Waals surface area contributed by atoms with Gasteiger partial charge in [-0.15, -0.1) is 5.10 Å². The third kappa shape index (κ3) is 5.73. The molecule has 10 nitrogen and oxygen atoms in total. The Morgan fingerprint density at radius 3 is 2.52 bits per heavy atom. The highest BCUT2D eigenvalue weighted by Gasteiger charge is 2.14. The number of hydrogen-bond donors (Lipinski definition) is 3. The molecule has 3 aromatic rings. The summed E-state index contributed by atoms with van der Waals surface area (Å²) < 4.78 is 5.64. The molecule has 0 unspecified atom stereocenters. The van der Waals surface area contributed by atoms with Crippen molar-refractivity contribution in [2.24, 2.45) is 10.8 Å². The van der Waals surface area contributed by atoms with Gasteiger partial charge in [-0.3, -0.25) is 19.7 Å². The van der Waals surface area contributed by atoms with Gasteiger partial charge in [0, 0.05) is 29.1 Å². The quantitative estimate of drug-likeness (QED) is 0.256. The number of nitro groups is 1. The topological polar surface area (TPSA) is 161 Å². The first-order chi connectivity index (χ1) is 15.8. The maximum atomic E-state index is 12.3. The molecule has 0 saturated heterocycles. The second kappa shape index (κ2) is 10.4. The number of primary amides is 1. The van der Waals surface area contributed by atoms with Crippen LogP contribution in [0.3, 0.4) is 0 Å². The monoisotopic (exact) mass is 452 g/mol. The van der Waals surface area contributed by atoms with E-state index in [1.54, 1.807) is 6.07 Å². The molecule has 0 aliphatic heterocycles. The van der Waals surface area contributed by atoms with Crippen molar-refractivity contribution in [3.63, 3.8) is 0 Å². The van der Waals surface area contributed by atoms with E-state index in [4.69, 9.17) is 10.2 Å². The highest BCUT2D eigenvalue weighted by Crippen LogP contribution is 2.26. The molecule has 0 fully saturated rings. The normalized spacial score (nSPS) is 11.5. The Morgan fingerprint density at radius 1 is 1.15 bits per heavy atom. The lowest BCUT2D eigenvalue weighted by molar-refractivity contribution is -0.384. The number of nitrogens with two attached hydrogens (primary N) is 1. The van der Waals surface area contributed by atoms with E-state index in [0.717, 1.165) is 31.2 Å². The minimum atomic E-state index is -0.804. The van der Waals surface area contributed by atoms with Crippen LogP contribution < -0.4 is 16.7 Å². The molecule has 2 amide bonds. The highest BCUT2D eigenvalue weighted by atomic mass is 16.6. The van der Waals surface area contributed by atoms with E-state index in [9.17, 15) is 24.8 Å². The zero-order valence-electron chi connectivity index (χ0n) is 18.0. The summed E-state index contributed by atoms with van der Waals surface area (Å²) in [7, 11) is 0. The van der Waals surface area contributed by atoms with Crippen LogP contribution in [-0.4, -0.2) is 21.8 Å². The van der Waals surface area contributed by atoms with Crippen LogP contribution in [0.25, 0.3) is 11.0 Å². The van der Waals surface area contributed by atoms with Gasteiger partial charge < -0.3 is 15.3 Å². The average molecular weight is 452 g/mol. The number of nitrogens with zero attached hydrogens (tertiary/aromatic N) is 2. The van der Waals surface area contributed by atoms with E-state index in [2.05, 4.69) is 17.5 Å². The number of unbranched alkanes of at least 4 members (excludes halogenated alkanes) is 3. The molecule has 10 heteroatoms. The van der Waals surface area contributed by atoms with Gasteiger partial charge in [-0.25, -0.2) is 5.43 Å². The minimum absolute atomic E-state index is 0.0471. The zero-order chi connectivity index (χ0) is 24.0. The summed E-state index contributed by atoms with van der Waals surface area (Å²) in [5, 5.41) is 25.5. The van der Waals surface area contributed by atoms with Crippen LogP contribution >= 0.6 is 0 Å². The van der Waals surface area contributed by atoms with Crippen molar-refractivity contribution in [1.29, 1.82) is 0 Å². The third-order valence-electron chi connectivity index (χ3n) is 5.11. The number of nitro benzene ring substituents is 1. The smallest absolute Gasteiger partial charge is 0.271 e. The third-order valence-corrected chi connectivity index (χ3v) is 5.11. The standard InChI is InChI=1S/C23H24N4O6/c1-2-3-4-5-6-15-11-16-12-18(21(24)29)23(33-20(16)13-19(15)28)26-25-22(30)14-7-9-17(10-8-14)27(31)32/h7-13,28H,2-6H2,1H3,(H2,24,29)(H,25,30)/b26-23+. The summed E-state index contributed by atoms with van der Waals surface area (Å²) in [4.78, 5) is 34.4. The molecular weight excluding hydrogens is 428 g/mol. The number of aromatic hydroxyl groups is 1. The zero-order valence-corrected chi connectivity index (χ0v) is 18.0. The SMILES string of the molecule is CCCCCCc1cc2cc(C(N)=O)/c(=N\NC(=O)c3ccc([N+](=O)[O-])cc3)oc2cc1O. The predicted octanol–water partition coefficient (Wildman–Crippen LogP) is 3.51. The lowest BCUT2D eigenvalue weighted by atomic mass is 10.0. The number of amides is 2. The Labute approximate surface area is 188 Å². The van der Waals surface area contributed by atoms with Gasteiger partial charge in [0.05, 0.1) is 4.92 Å². The molecule has 2 aromatic carbocycles. The van der Waals surface area contributed by atoms with E-state index in [1.165, 1.54) is 36.4 Å². The molecule has 0 spiro atoms. The summed E-state index contributed by atoms with van der Waals surface area (Å²) in [6, 6.07) is 9.59. The maximum absolute atomic E-state index is 12.3. The summed E-state index contributed by atoms with van der Waals surface area (Å²) >= 11 is 0. The predicted molar refractivity (Wildman–Crippen MR) is 120 cm³/mol. The molecule has 4 N–H and O–H groups in total. The van der Waals surface area contributed by atoms with Gasteiger partial charge in [-0.2, -0.15) is 0 Å². The number of phenols is 1. The summed E-state index contributed by atoms with van der Waals surface area (Å²) in [6.45, 7) is 2.12. The van der Waals surface area contributed by atoms with Gasteiger partial charge in [0.15, 0.2) is 0 Å². The van der Waals surface area contributed by atoms with Gasteiger partial charge in [0.1, 0.15) is 16.9 Å². The number of rotatable bonds is 9. The Morgan fingerprint density at radius 2 is 1.88 bits per heavy atom. The fourth-order valence-corrected chi connectivity index (χ4v) is 3.31. The van der Waals surface area contributed by atoms with E-state index < -0.39 is 16.7 Å². The molecule has 172 valence electrons. The van der Waals surface area contributed by atoms with Gasteiger partial charge in [0.25, 0.3) is 17.5 Å². The number of carbonyl (C=O) groups is 2. The van der Waals surface area contributed by atoms with Crippen LogP contribution in [0.2, 0.25) is 0 Å². The Hall–Kier alpha value is -4.21. The number of nitrogens with one attached hydrogen (secondary N) is 1. The Bertz CT molecular complexity index is 1260. The van der Waals surface area contributed by atoms with Crippen molar-refractivity contribution in [2.75, 3.05) is 0 Å². The van der Waals surface area contributed by atoms with Gasteiger partial charge in [-0.05, 0) is 42.7 Å². The Kier molecular flexibility index (Phi) is 7.39. The van der Waals surface area contributed by atoms with Crippen LogP contribution in [0, 0.1) is 10.1 Å². The first kappa shape index (κ1) is 23.5. The van der Waals surface area contributed by atoms with Crippen molar-refractivity contribution in [3.05, 3.63) is 74.8 Å². The molecular formula is C23H24N4O6. The van der Waals surface area contributed by atoms with E-state index in [1.807, 2.05) is 0 Å². The largest absolute Gasteiger partial charge is 0.508 e. The van der Waals surface area contributed by atoms with Crippen LogP contribution in [0.1, 0.15) is 58.9 Å². The number of fused-ring (bicyclic) bond motifs is 1. The molecule has 0 bridgehead atoms. The molecule has 1 aromatic heterocycles. The van der Waals surface area contributed by atoms with E-state index >= 15 is 0 Å². The van der Waals surface area contributed by atoms with Gasteiger partial charge >= 0.3 is 0 Å². The molecule has 0 saturated carbocycles. The summed E-state index contributed by atoms with van der Waals surface area (Å²) in [5.74, 6) is -1.40. The molecule has 0 aliphatic rings. The van der Waals surface area contributed by atoms with Crippen molar-refractivity contribution < 1.29 is 24.0 Å². The van der Waals surface area contributed by atoms with Crippen molar-refractivity contribution in [1.82, 2.24) is 5.43 Å². The summed E-state index contributed by atoms with van der Waals surface area (Å²) in [5.41, 5.74) is 8.39. The van der Waals surface area contributed by atoms with Crippen molar-refractivity contribution in [2.45, 2.75) is 39.0 Å². The lowest BCUT2D eigenvalue weighted by Gasteiger charge is -2.08. The Balaban J connectivity index is 1.90. The molecule has 0 atom stereocenters. The second-order valence-corrected chi connectivity index (χ2v) is 7.52. The van der Waals surface area contributed by atoms with Crippen LogP contribution in [0.5, 0.6) is 5.75 Å². The summed E-state index contributed by atoms with van der Waals surface area (Å²) in [6.07, 6.45) is 4.89. The maximum Gasteiger partial charge on any atom is 0.271 e. The minimum Gasteiger partial charge on any atom is -0.508 e. The van der Waals surface area contributed by atoms with Crippen LogP contribution in [0.4, 0.5) is 5.69 Å². The molecule has 1 heterocycles.